The Balaban J connectivity index is 0.000000118. The van der Waals surface area contributed by atoms with E-state index >= 15 is 0 Å². The quantitative estimate of drug-likeness (QED) is 0.0195. The Hall–Kier alpha value is -15.9. The number of fused-ring (bicyclic) bond motifs is 13. The summed E-state index contributed by atoms with van der Waals surface area (Å²) in [5.41, 5.74) is 4.07. The molecule has 0 spiro atoms. The molecule has 2 fully saturated rings. The van der Waals surface area contributed by atoms with Gasteiger partial charge in [-0.05, 0) is 87.4 Å². The number of carbonyl (C=O) groups is 8. The number of piperidine rings is 2. The summed E-state index contributed by atoms with van der Waals surface area (Å²) >= 11 is 0. The summed E-state index contributed by atoms with van der Waals surface area (Å²) in [5.74, 6) is 5.96. The molecule has 0 bridgehead atoms. The summed E-state index contributed by atoms with van der Waals surface area (Å²) in [6, 6.07) is 30.5. The van der Waals surface area contributed by atoms with Crippen LogP contribution in [0.25, 0.3) is 54.8 Å². The van der Waals surface area contributed by atoms with Crippen LogP contribution >= 0.6 is 0 Å². The molecule has 23 rings (SSSR count). The van der Waals surface area contributed by atoms with E-state index in [0.717, 1.165) is 11.5 Å². The van der Waals surface area contributed by atoms with E-state index in [9.17, 15) is 53.4 Å². The number of carbonyl (C=O) groups excluding carboxylic acids is 7. The van der Waals surface area contributed by atoms with Crippen LogP contribution in [0.4, 0.5) is 0 Å². The standard InChI is InChI=1S/2C13H10N2O5.C12H11NO5.C10H7NO5.C10H6O5.2C9H8O4.C7H6O3.CH3.W/c2*16-11-2-1-6(13(17)14-11)12-7-3-9-10(19-5-18-9)4-8(7)20-15-12;1-2-15-12(14)4-8-7-3-10-11(17-6-16-10)5-9(7)18-13-8;12-10(13)2-6-5-1-8-9(15-4-14-8)3-7(5)16-11-6;11-6-2-10(12)15-7-3-9-8(1-5(6)7)13-4-14-9;1-5(10)6-2-8-9(3-7(6)11)13-4-12-8;1-6(10)13-7-2-3-8-9(4-7)12-5-11-8;8-5-1-2-6-7(3-5)10-4-9-6;;/h2*3-4,6H,1-2,5H2,(H,14,16,17);3,5H,2,4,6H2,1H3;1,3H,2,4H2,(H,12,13);1-3,11H,4H2;2-3,11H,4H2,1H3;2-4H,5H2,1H3;1-3,8H,4H2;1H3;/q;;;;;;;;-1;. The fourth-order valence-electron chi connectivity index (χ4n) is 13.3. The molecule has 8 aromatic carbocycles. The number of carboxylic acids is 1. The summed E-state index contributed by atoms with van der Waals surface area (Å²) in [6.45, 7) is 6.29. The molecule has 127 heavy (non-hydrogen) atoms. The van der Waals surface area contributed by atoms with Gasteiger partial charge in [-0.3, -0.25) is 49.0 Å². The predicted octanol–water partition coefficient (Wildman–Crippen LogP) is 10.5. The third kappa shape index (κ3) is 19.8. The number of hydrogen-bond acceptors (Lipinski definition) is 39. The molecule has 6 N–H and O–H groups in total. The zero-order valence-electron chi connectivity index (χ0n) is 66.8. The van der Waals surface area contributed by atoms with Crippen molar-refractivity contribution in [2.75, 3.05) is 61.0 Å². The molecule has 42 nitrogen and oxygen atoms in total. The second-order valence-corrected chi connectivity index (χ2v) is 27.3. The molecule has 0 aliphatic carbocycles. The van der Waals surface area contributed by atoms with E-state index in [1.807, 2.05) is 0 Å². The number of ketones is 1. The number of phenols is 2. The summed E-state index contributed by atoms with van der Waals surface area (Å²) in [5, 5.41) is 60.0. The van der Waals surface area contributed by atoms with Crippen LogP contribution in [0.2, 0.25) is 0 Å². The minimum atomic E-state index is -0.951. The molecular weight excluding hydrogens is 1850 g/mol. The first kappa shape index (κ1) is 87.4. The average molecular weight is 1920 g/mol. The van der Waals surface area contributed by atoms with Gasteiger partial charge in [0.2, 0.25) is 78.0 Å². The first-order valence-corrected chi connectivity index (χ1v) is 37.6. The van der Waals surface area contributed by atoms with Crippen molar-refractivity contribution in [2.45, 2.75) is 71.1 Å². The predicted molar refractivity (Wildman–Crippen MR) is 421 cm³/mol. The van der Waals surface area contributed by atoms with Crippen LogP contribution in [-0.2, 0) is 72.2 Å². The minimum Gasteiger partial charge on any atom is -0.508 e. The van der Waals surface area contributed by atoms with Gasteiger partial charge >= 0.3 is 23.5 Å². The molecule has 0 saturated carbocycles. The zero-order valence-corrected chi connectivity index (χ0v) is 69.7. The molecule has 5 aromatic heterocycles. The van der Waals surface area contributed by atoms with Crippen LogP contribution in [0.15, 0.2) is 143 Å². The van der Waals surface area contributed by atoms with Crippen LogP contribution < -0.4 is 96.8 Å². The number of aliphatic carboxylic acids is 1. The Kier molecular flexibility index (Phi) is 26.3. The largest absolute Gasteiger partial charge is 0.508 e. The van der Waals surface area contributed by atoms with E-state index in [1.165, 1.54) is 38.1 Å². The van der Waals surface area contributed by atoms with Crippen LogP contribution in [0.5, 0.6) is 115 Å². The second-order valence-electron chi connectivity index (χ2n) is 27.3. The molecule has 2 atom stereocenters. The van der Waals surface area contributed by atoms with Crippen LogP contribution in [0.1, 0.15) is 91.4 Å². The van der Waals surface area contributed by atoms with Crippen molar-refractivity contribution in [1.82, 2.24) is 31.3 Å². The van der Waals surface area contributed by atoms with E-state index in [1.54, 1.807) is 91.9 Å². The molecule has 15 heterocycles. The first-order valence-electron chi connectivity index (χ1n) is 37.6. The number of hydrogen-bond donors (Lipinski definition) is 6. The summed E-state index contributed by atoms with van der Waals surface area (Å²) in [4.78, 5) is 101. The van der Waals surface area contributed by atoms with Crippen LogP contribution in [-0.4, -0.2) is 149 Å². The van der Waals surface area contributed by atoms with E-state index in [2.05, 4.69) is 31.3 Å². The molecule has 2 unspecified atom stereocenters. The number of carboxylic acid groups (broad SMARTS) is 1. The van der Waals surface area contributed by atoms with Gasteiger partial charge in [0.15, 0.2) is 120 Å². The van der Waals surface area contributed by atoms with Crippen molar-refractivity contribution in [3.63, 3.8) is 0 Å². The van der Waals surface area contributed by atoms with Crippen molar-refractivity contribution in [1.29, 1.82) is 0 Å². The number of esters is 2. The first-order chi connectivity index (χ1) is 60.5. The minimum absolute atomic E-state index is 0. The van der Waals surface area contributed by atoms with Gasteiger partial charge in [-0.25, -0.2) is 4.79 Å². The fourth-order valence-corrected chi connectivity index (χ4v) is 13.3. The fraction of sp³-hybridized carbons (Fsp3) is 0.238. The number of amides is 4. The van der Waals surface area contributed by atoms with Gasteiger partial charge in [-0.1, -0.05) is 20.6 Å². The van der Waals surface area contributed by atoms with Gasteiger partial charge in [0.05, 0.1) is 48.3 Å². The number of imide groups is 2. The number of nitrogens with zero attached hydrogens (tertiary/aromatic N) is 4. The van der Waals surface area contributed by atoms with Crippen molar-refractivity contribution in [3.8, 4) is 115 Å². The van der Waals surface area contributed by atoms with Crippen molar-refractivity contribution in [2.24, 2.45) is 0 Å². The average Bonchev–Trinajstić information content (AvgIpc) is 1.64. The van der Waals surface area contributed by atoms with Gasteiger partial charge in [0.25, 0.3) is 0 Å². The number of rotatable bonds is 9. The number of benzene rings is 8. The topological polar surface area (TPSA) is 542 Å². The molecule has 0 radical (unpaired) electrons. The SMILES string of the molecule is CC(=O)Oc1ccc2c(c1)OCO2.CC(=O)c1cc2c(cc1O)OCO2.CCOC(=O)Cc1noc2cc3c(cc12)OCO3.O=C(O)Cc1noc2cc3c(cc12)OCO3.O=C1CCC(c2noc3cc4c(cc23)OCO4)C(=O)N1.O=C1CCC(c2noc3cc4c(cc23)OCO4)C(=O)N1.O=c1cc(O)c2cc3c(cc2o1)OCO3.Oc1ccc2c(c1)OCO2.[CH3-].[W]. The summed E-state index contributed by atoms with van der Waals surface area (Å²) in [6.07, 6.45) is 1.37. The van der Waals surface area contributed by atoms with E-state index < -0.39 is 23.4 Å². The normalized spacial score (nSPS) is 15.5. The number of ether oxygens (including phenoxy) is 18. The third-order valence-corrected chi connectivity index (χ3v) is 19.2. The maximum absolute atomic E-state index is 11.9. The number of phenolic OH excluding ortho intramolecular Hbond substituents is 2. The maximum Gasteiger partial charge on any atom is 0.339 e. The Morgan fingerprint density at radius 1 is 0.409 bits per heavy atom. The maximum atomic E-state index is 11.9. The molecule has 13 aromatic rings. The zero-order chi connectivity index (χ0) is 87.1. The smallest absolute Gasteiger partial charge is 0.339 e. The molecule has 10 aliphatic heterocycles. The molecule has 43 heteroatoms. The van der Waals surface area contributed by atoms with Crippen molar-refractivity contribution < 1.29 is 188 Å². The van der Waals surface area contributed by atoms with Gasteiger partial charge in [-0.2, -0.15) is 0 Å². The molecule has 2 saturated heterocycles. The van der Waals surface area contributed by atoms with Crippen LogP contribution in [0.3, 0.4) is 0 Å². The van der Waals surface area contributed by atoms with E-state index in [0.29, 0.717) is 197 Å². The Bertz CT molecular complexity index is 6380. The van der Waals surface area contributed by atoms with Gasteiger partial charge in [-0.15, -0.1) is 0 Å². The number of Topliss-reactive ketones (excluding diaryl/α,β-unsaturated/α-hetero) is 1. The van der Waals surface area contributed by atoms with Crippen LogP contribution in [0, 0.1) is 7.43 Å². The molecule has 658 valence electrons. The Labute approximate surface area is 726 Å². The summed E-state index contributed by atoms with van der Waals surface area (Å²) in [7, 11) is 0. The van der Waals surface area contributed by atoms with E-state index in [4.69, 9.17) is 118 Å². The number of aromatic hydroxyl groups is 3. The Morgan fingerprint density at radius 3 is 1.20 bits per heavy atom. The molecule has 10 aliphatic rings. The third-order valence-electron chi connectivity index (χ3n) is 19.2. The molecular formula is C84H69N6O36W-. The van der Waals surface area contributed by atoms with Crippen molar-refractivity contribution in [3.05, 3.63) is 161 Å². The second kappa shape index (κ2) is 38.2. The Morgan fingerprint density at radius 2 is 0.772 bits per heavy atom. The van der Waals surface area contributed by atoms with Gasteiger partial charge in [0.1, 0.15) is 51.4 Å². The molecule has 4 amide bonds. The van der Waals surface area contributed by atoms with Gasteiger partial charge < -0.3 is 136 Å². The monoisotopic (exact) mass is 1920 g/mol. The number of nitrogens with one attached hydrogen (secondary N) is 2. The number of aromatic nitrogens is 4. The summed E-state index contributed by atoms with van der Waals surface area (Å²) < 4.78 is 118. The van der Waals surface area contributed by atoms with Crippen molar-refractivity contribution >= 4 is 102 Å². The van der Waals surface area contributed by atoms with E-state index in [-0.39, 0.29) is 165 Å². The van der Waals surface area contributed by atoms with Gasteiger partial charge in [0, 0.05) is 111 Å².